The highest BCUT2D eigenvalue weighted by molar-refractivity contribution is 7.80. The standard InChI is InChI=1S/C6H16N2S/c7-4-2-1-3-6(8)5-9/h6,9H,1-5,7-8H2/t6-/m1/s1. The summed E-state index contributed by atoms with van der Waals surface area (Å²) in [6.45, 7) is 0.777. The normalized spacial score (nSPS) is 13.7. The molecule has 3 heteroatoms. The van der Waals surface area contributed by atoms with Crippen molar-refractivity contribution in [1.29, 1.82) is 0 Å². The molecular weight excluding hydrogens is 132 g/mol. The van der Waals surface area contributed by atoms with Gasteiger partial charge in [0.15, 0.2) is 0 Å². The van der Waals surface area contributed by atoms with Crippen molar-refractivity contribution in [2.45, 2.75) is 25.3 Å². The maximum absolute atomic E-state index is 5.60. The van der Waals surface area contributed by atoms with Crippen molar-refractivity contribution >= 4 is 12.6 Å². The summed E-state index contributed by atoms with van der Waals surface area (Å²) in [5.41, 5.74) is 10.9. The fraction of sp³-hybridized carbons (Fsp3) is 1.00. The lowest BCUT2D eigenvalue weighted by atomic mass is 10.1. The van der Waals surface area contributed by atoms with Crippen LogP contribution in [0.3, 0.4) is 0 Å². The first-order chi connectivity index (χ1) is 4.31. The van der Waals surface area contributed by atoms with E-state index < -0.39 is 0 Å². The first kappa shape index (κ1) is 9.27. The molecule has 0 rings (SSSR count). The largest absolute Gasteiger partial charge is 0.330 e. The third-order valence-corrected chi connectivity index (χ3v) is 1.73. The van der Waals surface area contributed by atoms with E-state index in [1.54, 1.807) is 0 Å². The van der Waals surface area contributed by atoms with Crippen molar-refractivity contribution in [1.82, 2.24) is 0 Å². The number of hydrogen-bond acceptors (Lipinski definition) is 3. The third-order valence-electron chi connectivity index (χ3n) is 1.26. The smallest absolute Gasteiger partial charge is 0.0127 e. The van der Waals surface area contributed by atoms with Gasteiger partial charge in [-0.05, 0) is 19.4 Å². The fourth-order valence-electron chi connectivity index (χ4n) is 0.642. The Bertz CT molecular complexity index is 59.0. The van der Waals surface area contributed by atoms with Crippen LogP contribution >= 0.6 is 12.6 Å². The van der Waals surface area contributed by atoms with Gasteiger partial charge >= 0.3 is 0 Å². The Morgan fingerprint density at radius 3 is 2.44 bits per heavy atom. The molecule has 0 radical (unpaired) electrons. The van der Waals surface area contributed by atoms with E-state index in [1.807, 2.05) is 0 Å². The zero-order valence-electron chi connectivity index (χ0n) is 5.71. The Kier molecular flexibility index (Phi) is 6.58. The molecule has 0 fully saturated rings. The minimum Gasteiger partial charge on any atom is -0.330 e. The third kappa shape index (κ3) is 6.15. The molecular formula is C6H16N2S. The van der Waals surface area contributed by atoms with Crippen LogP contribution in [-0.2, 0) is 0 Å². The van der Waals surface area contributed by atoms with E-state index in [0.29, 0.717) is 0 Å². The second kappa shape index (κ2) is 6.39. The summed E-state index contributed by atoms with van der Waals surface area (Å²) in [5.74, 6) is 0.782. The predicted molar refractivity (Wildman–Crippen MR) is 44.7 cm³/mol. The van der Waals surface area contributed by atoms with Crippen molar-refractivity contribution in [2.24, 2.45) is 11.5 Å². The van der Waals surface area contributed by atoms with E-state index in [0.717, 1.165) is 31.6 Å². The molecule has 0 heterocycles. The van der Waals surface area contributed by atoms with Crippen molar-refractivity contribution in [3.8, 4) is 0 Å². The molecule has 0 bridgehead atoms. The molecule has 4 N–H and O–H groups in total. The van der Waals surface area contributed by atoms with Gasteiger partial charge in [-0.3, -0.25) is 0 Å². The molecule has 0 saturated heterocycles. The number of unbranched alkanes of at least 4 members (excludes halogenated alkanes) is 1. The summed E-state index contributed by atoms with van der Waals surface area (Å²) in [6, 6.07) is 0.264. The van der Waals surface area contributed by atoms with Gasteiger partial charge in [0, 0.05) is 11.8 Å². The van der Waals surface area contributed by atoms with E-state index in [1.165, 1.54) is 0 Å². The molecule has 56 valence electrons. The summed E-state index contributed by atoms with van der Waals surface area (Å²) in [5, 5.41) is 0. The van der Waals surface area contributed by atoms with Crippen LogP contribution in [0.5, 0.6) is 0 Å². The van der Waals surface area contributed by atoms with Crippen molar-refractivity contribution in [2.75, 3.05) is 12.3 Å². The van der Waals surface area contributed by atoms with E-state index in [2.05, 4.69) is 12.6 Å². The molecule has 0 aliphatic rings. The van der Waals surface area contributed by atoms with Crippen LogP contribution in [0.15, 0.2) is 0 Å². The van der Waals surface area contributed by atoms with Crippen LogP contribution in [-0.4, -0.2) is 18.3 Å². The Morgan fingerprint density at radius 2 is 2.00 bits per heavy atom. The molecule has 1 atom stereocenters. The number of rotatable bonds is 5. The topological polar surface area (TPSA) is 52.0 Å². The van der Waals surface area contributed by atoms with Crippen LogP contribution in [0, 0.1) is 0 Å². The second-order valence-electron chi connectivity index (χ2n) is 2.23. The van der Waals surface area contributed by atoms with Gasteiger partial charge in [0.1, 0.15) is 0 Å². The molecule has 0 spiro atoms. The van der Waals surface area contributed by atoms with Gasteiger partial charge in [-0.2, -0.15) is 12.6 Å². The lowest BCUT2D eigenvalue weighted by Gasteiger charge is -2.05. The minimum atomic E-state index is 0.264. The van der Waals surface area contributed by atoms with E-state index >= 15 is 0 Å². The quantitative estimate of drug-likeness (QED) is 0.390. The van der Waals surface area contributed by atoms with Gasteiger partial charge < -0.3 is 11.5 Å². The SMILES string of the molecule is NCCCC[C@@H](N)CS. The lowest BCUT2D eigenvalue weighted by Crippen LogP contribution is -2.21. The van der Waals surface area contributed by atoms with Gasteiger partial charge in [0.25, 0.3) is 0 Å². The summed E-state index contributed by atoms with van der Waals surface area (Å²) in [6.07, 6.45) is 3.28. The van der Waals surface area contributed by atoms with Crippen molar-refractivity contribution < 1.29 is 0 Å². The van der Waals surface area contributed by atoms with Crippen LogP contribution in [0.2, 0.25) is 0 Å². The van der Waals surface area contributed by atoms with Gasteiger partial charge in [0.05, 0.1) is 0 Å². The van der Waals surface area contributed by atoms with Gasteiger partial charge in [0.2, 0.25) is 0 Å². The van der Waals surface area contributed by atoms with Crippen molar-refractivity contribution in [3.63, 3.8) is 0 Å². The highest BCUT2D eigenvalue weighted by atomic mass is 32.1. The van der Waals surface area contributed by atoms with Crippen LogP contribution in [0.1, 0.15) is 19.3 Å². The molecule has 9 heavy (non-hydrogen) atoms. The summed E-state index contributed by atoms with van der Waals surface area (Å²) in [7, 11) is 0. The number of hydrogen-bond donors (Lipinski definition) is 3. The highest BCUT2D eigenvalue weighted by Crippen LogP contribution is 1.98. The molecule has 0 aromatic heterocycles. The van der Waals surface area contributed by atoms with Gasteiger partial charge in [-0.25, -0.2) is 0 Å². The minimum absolute atomic E-state index is 0.264. The van der Waals surface area contributed by atoms with E-state index in [9.17, 15) is 0 Å². The Hall–Kier alpha value is 0.270. The Labute approximate surface area is 62.4 Å². The fourth-order valence-corrected chi connectivity index (χ4v) is 0.825. The molecule has 0 aromatic rings. The summed E-state index contributed by atoms with van der Waals surface area (Å²) < 4.78 is 0. The summed E-state index contributed by atoms with van der Waals surface area (Å²) in [4.78, 5) is 0. The molecule has 0 amide bonds. The highest BCUT2D eigenvalue weighted by Gasteiger charge is 1.96. The Balaban J connectivity index is 2.88. The first-order valence-electron chi connectivity index (χ1n) is 3.37. The average Bonchev–Trinajstić information content (AvgIpc) is 1.89. The molecule has 0 aliphatic carbocycles. The predicted octanol–water partition coefficient (Wildman–Crippen LogP) is 0.373. The molecule has 0 aromatic carbocycles. The molecule has 0 aliphatic heterocycles. The first-order valence-corrected chi connectivity index (χ1v) is 4.01. The van der Waals surface area contributed by atoms with E-state index in [4.69, 9.17) is 11.5 Å². The monoisotopic (exact) mass is 148 g/mol. The zero-order chi connectivity index (χ0) is 7.11. The Morgan fingerprint density at radius 1 is 1.33 bits per heavy atom. The van der Waals surface area contributed by atoms with Crippen LogP contribution in [0.4, 0.5) is 0 Å². The maximum Gasteiger partial charge on any atom is 0.0127 e. The maximum atomic E-state index is 5.60. The zero-order valence-corrected chi connectivity index (χ0v) is 6.61. The van der Waals surface area contributed by atoms with Crippen molar-refractivity contribution in [3.05, 3.63) is 0 Å². The van der Waals surface area contributed by atoms with Gasteiger partial charge in [-0.1, -0.05) is 6.42 Å². The summed E-state index contributed by atoms with van der Waals surface area (Å²) >= 11 is 4.06. The van der Waals surface area contributed by atoms with E-state index in [-0.39, 0.29) is 6.04 Å². The number of thiol groups is 1. The number of nitrogens with two attached hydrogens (primary N) is 2. The molecule has 2 nitrogen and oxygen atoms in total. The lowest BCUT2D eigenvalue weighted by molar-refractivity contribution is 0.609. The molecule has 0 saturated carbocycles. The average molecular weight is 148 g/mol. The van der Waals surface area contributed by atoms with Gasteiger partial charge in [-0.15, -0.1) is 0 Å². The molecule has 0 unspecified atom stereocenters. The second-order valence-corrected chi connectivity index (χ2v) is 2.59. The van der Waals surface area contributed by atoms with Crippen LogP contribution < -0.4 is 11.5 Å². The van der Waals surface area contributed by atoms with Crippen LogP contribution in [0.25, 0.3) is 0 Å².